The maximum absolute atomic E-state index is 9.60. The van der Waals surface area contributed by atoms with E-state index in [1.807, 2.05) is 25.3 Å². The van der Waals surface area contributed by atoms with Gasteiger partial charge in [0.2, 0.25) is 0 Å². The van der Waals surface area contributed by atoms with Gasteiger partial charge in [-0.3, -0.25) is 0 Å². The van der Waals surface area contributed by atoms with Crippen molar-refractivity contribution in [2.75, 3.05) is 0 Å². The van der Waals surface area contributed by atoms with Crippen molar-refractivity contribution < 1.29 is 5.11 Å². The van der Waals surface area contributed by atoms with Crippen LogP contribution in [0.1, 0.15) is 18.5 Å². The first-order chi connectivity index (χ1) is 6.18. The molecule has 1 aromatic heterocycles. The third kappa shape index (κ3) is 1.27. The second kappa shape index (κ2) is 2.78. The first-order valence-corrected chi connectivity index (χ1v) is 4.24. The average Bonchev–Trinajstić information content (AvgIpc) is 2.48. The van der Waals surface area contributed by atoms with Gasteiger partial charge in [-0.05, 0) is 25.1 Å². The molecule has 13 heavy (non-hydrogen) atoms. The first-order valence-electron chi connectivity index (χ1n) is 4.24. The Labute approximate surface area is 76.2 Å². The maximum atomic E-state index is 9.60. The van der Waals surface area contributed by atoms with Gasteiger partial charge in [0, 0.05) is 28.7 Å². The molecule has 2 aromatic rings. The smallest absolute Gasteiger partial charge is 0.121 e. The van der Waals surface area contributed by atoms with Crippen LogP contribution in [0.25, 0.3) is 10.9 Å². The van der Waals surface area contributed by atoms with E-state index in [1.54, 1.807) is 6.07 Å². The molecule has 1 aromatic carbocycles. The molecule has 0 amide bonds. The van der Waals surface area contributed by atoms with Gasteiger partial charge < -0.3 is 15.8 Å². The summed E-state index contributed by atoms with van der Waals surface area (Å²) in [6, 6.07) is 5.38. The number of fused-ring (bicyclic) bond motifs is 1. The van der Waals surface area contributed by atoms with Gasteiger partial charge in [-0.2, -0.15) is 0 Å². The van der Waals surface area contributed by atoms with Crippen LogP contribution in [0.2, 0.25) is 0 Å². The Hall–Kier alpha value is -1.48. The Morgan fingerprint density at radius 1 is 1.46 bits per heavy atom. The van der Waals surface area contributed by atoms with E-state index in [4.69, 9.17) is 5.73 Å². The molecule has 2 rings (SSSR count). The Morgan fingerprint density at radius 2 is 2.23 bits per heavy atom. The van der Waals surface area contributed by atoms with Gasteiger partial charge in [0.15, 0.2) is 0 Å². The van der Waals surface area contributed by atoms with Crippen molar-refractivity contribution in [3.63, 3.8) is 0 Å². The van der Waals surface area contributed by atoms with Crippen LogP contribution in [-0.2, 0) is 0 Å². The van der Waals surface area contributed by atoms with Gasteiger partial charge in [-0.15, -0.1) is 0 Å². The molecule has 4 N–H and O–H groups in total. The third-order valence-electron chi connectivity index (χ3n) is 2.19. The Balaban J connectivity index is 2.69. The number of rotatable bonds is 1. The second-order valence-electron chi connectivity index (χ2n) is 3.26. The van der Waals surface area contributed by atoms with Crippen molar-refractivity contribution in [3.8, 4) is 5.75 Å². The van der Waals surface area contributed by atoms with Crippen LogP contribution in [-0.4, -0.2) is 10.1 Å². The fourth-order valence-corrected chi connectivity index (χ4v) is 1.47. The van der Waals surface area contributed by atoms with E-state index in [0.717, 1.165) is 16.5 Å². The molecular formula is C10H12N2O. The molecule has 68 valence electrons. The van der Waals surface area contributed by atoms with E-state index >= 15 is 0 Å². The fraction of sp³-hybridized carbons (Fsp3) is 0.200. The summed E-state index contributed by atoms with van der Waals surface area (Å²) in [5.74, 6) is 0.266. The summed E-state index contributed by atoms with van der Waals surface area (Å²) in [6.45, 7) is 1.85. The third-order valence-corrected chi connectivity index (χ3v) is 2.19. The lowest BCUT2D eigenvalue weighted by atomic mass is 10.1. The van der Waals surface area contributed by atoms with Gasteiger partial charge in [-0.1, -0.05) is 0 Å². The van der Waals surface area contributed by atoms with E-state index in [9.17, 15) is 5.11 Å². The summed E-state index contributed by atoms with van der Waals surface area (Å²) >= 11 is 0. The minimum absolute atomic E-state index is 0.146. The van der Waals surface area contributed by atoms with Gasteiger partial charge in [-0.25, -0.2) is 0 Å². The number of benzene rings is 1. The summed E-state index contributed by atoms with van der Waals surface area (Å²) in [5.41, 5.74) is 7.48. The number of hydrogen-bond acceptors (Lipinski definition) is 2. The van der Waals surface area contributed by atoms with Crippen LogP contribution in [0.3, 0.4) is 0 Å². The number of hydrogen-bond donors (Lipinski definition) is 3. The SMILES string of the molecule is C[C@@H](N)c1cc2[nH]ccc2cc1O. The minimum atomic E-state index is -0.146. The zero-order chi connectivity index (χ0) is 9.42. The first kappa shape index (κ1) is 8.13. The molecule has 0 spiro atoms. The summed E-state index contributed by atoms with van der Waals surface area (Å²) < 4.78 is 0. The Morgan fingerprint density at radius 3 is 2.92 bits per heavy atom. The van der Waals surface area contributed by atoms with Crippen molar-refractivity contribution >= 4 is 10.9 Å². The quantitative estimate of drug-likeness (QED) is 0.621. The number of aromatic hydroxyl groups is 1. The standard InChI is InChI=1S/C10H12N2O/c1-6(11)8-5-9-7(2-3-12-9)4-10(8)13/h2-6,12-13H,11H2,1H3/t6-/m1/s1. The van der Waals surface area contributed by atoms with Gasteiger partial charge >= 0.3 is 0 Å². The Kier molecular flexibility index (Phi) is 1.74. The lowest BCUT2D eigenvalue weighted by Crippen LogP contribution is -2.04. The molecule has 0 bridgehead atoms. The van der Waals surface area contributed by atoms with E-state index in [-0.39, 0.29) is 11.8 Å². The second-order valence-corrected chi connectivity index (χ2v) is 3.26. The van der Waals surface area contributed by atoms with Crippen molar-refractivity contribution in [1.29, 1.82) is 0 Å². The molecule has 0 aliphatic carbocycles. The predicted octanol–water partition coefficient (Wildman–Crippen LogP) is 1.89. The lowest BCUT2D eigenvalue weighted by molar-refractivity contribution is 0.465. The van der Waals surface area contributed by atoms with E-state index in [0.29, 0.717) is 0 Å². The van der Waals surface area contributed by atoms with Crippen molar-refractivity contribution in [1.82, 2.24) is 4.98 Å². The molecule has 1 heterocycles. The van der Waals surface area contributed by atoms with Gasteiger partial charge in [0.05, 0.1) is 0 Å². The Bertz CT molecular complexity index is 431. The number of phenols is 1. The largest absolute Gasteiger partial charge is 0.508 e. The number of nitrogens with two attached hydrogens (primary N) is 1. The van der Waals surface area contributed by atoms with Crippen LogP contribution < -0.4 is 5.73 Å². The van der Waals surface area contributed by atoms with Crippen LogP contribution >= 0.6 is 0 Å². The highest BCUT2D eigenvalue weighted by Crippen LogP contribution is 2.27. The molecule has 0 saturated heterocycles. The van der Waals surface area contributed by atoms with Crippen LogP contribution in [0.4, 0.5) is 0 Å². The fourth-order valence-electron chi connectivity index (χ4n) is 1.47. The van der Waals surface area contributed by atoms with Gasteiger partial charge in [0.25, 0.3) is 0 Å². The highest BCUT2D eigenvalue weighted by atomic mass is 16.3. The number of phenolic OH excluding ortho intramolecular Hbond substituents is 1. The molecule has 0 aliphatic rings. The number of aromatic nitrogens is 1. The minimum Gasteiger partial charge on any atom is -0.508 e. The van der Waals surface area contributed by atoms with Gasteiger partial charge in [0.1, 0.15) is 5.75 Å². The molecule has 3 nitrogen and oxygen atoms in total. The van der Waals surface area contributed by atoms with Crippen molar-refractivity contribution in [3.05, 3.63) is 30.0 Å². The summed E-state index contributed by atoms with van der Waals surface area (Å²) in [5, 5.41) is 10.6. The number of nitrogens with one attached hydrogen (secondary N) is 1. The zero-order valence-corrected chi connectivity index (χ0v) is 7.41. The van der Waals surface area contributed by atoms with E-state index < -0.39 is 0 Å². The van der Waals surface area contributed by atoms with E-state index in [2.05, 4.69) is 4.98 Å². The highest BCUT2D eigenvalue weighted by molar-refractivity contribution is 5.82. The molecule has 0 aliphatic heterocycles. The molecule has 1 atom stereocenters. The molecule has 0 radical (unpaired) electrons. The van der Waals surface area contributed by atoms with Crippen molar-refractivity contribution in [2.45, 2.75) is 13.0 Å². The van der Waals surface area contributed by atoms with E-state index in [1.165, 1.54) is 0 Å². The average molecular weight is 176 g/mol. The molecular weight excluding hydrogens is 164 g/mol. The molecule has 0 saturated carbocycles. The summed E-state index contributed by atoms with van der Waals surface area (Å²) in [6.07, 6.45) is 1.84. The number of aromatic amines is 1. The van der Waals surface area contributed by atoms with Crippen molar-refractivity contribution in [2.24, 2.45) is 5.73 Å². The molecule has 0 unspecified atom stereocenters. The highest BCUT2D eigenvalue weighted by Gasteiger charge is 2.07. The monoisotopic (exact) mass is 176 g/mol. The molecule has 0 fully saturated rings. The normalized spacial score (nSPS) is 13.4. The topological polar surface area (TPSA) is 62.0 Å². The predicted molar refractivity (Wildman–Crippen MR) is 52.6 cm³/mol. The van der Waals surface area contributed by atoms with Crippen LogP contribution in [0, 0.1) is 0 Å². The maximum Gasteiger partial charge on any atom is 0.121 e. The van der Waals surface area contributed by atoms with Crippen LogP contribution in [0.5, 0.6) is 5.75 Å². The van der Waals surface area contributed by atoms with Crippen LogP contribution in [0.15, 0.2) is 24.4 Å². The lowest BCUT2D eigenvalue weighted by Gasteiger charge is -2.07. The summed E-state index contributed by atoms with van der Waals surface area (Å²) in [7, 11) is 0. The summed E-state index contributed by atoms with van der Waals surface area (Å²) in [4.78, 5) is 3.08. The number of H-pyrrole nitrogens is 1. The molecule has 3 heteroatoms. The zero-order valence-electron chi connectivity index (χ0n) is 7.41.